The molecule has 0 aliphatic carbocycles. The summed E-state index contributed by atoms with van der Waals surface area (Å²) in [6.45, 7) is 20.8. The Morgan fingerprint density at radius 2 is 1.09 bits per heavy atom. The van der Waals surface area contributed by atoms with Crippen molar-refractivity contribution in [2.75, 3.05) is 0 Å². The molecule has 0 fully saturated rings. The quantitative estimate of drug-likeness (QED) is 0.275. The lowest BCUT2D eigenvalue weighted by atomic mass is 9.73. The Morgan fingerprint density at radius 1 is 0.600 bits per heavy atom. The standard InChI is InChI=1S/C25H34FN7S2/c1-22(2,3)18-15-17(35-33-29-15)20(31-30-18)25(9,10)12-11-24(7,8)13-14-16(34-32-28-14)19(23(4,5)6)27-21(13)26/h11-12H2,1-10H3. The minimum Gasteiger partial charge on any atom is -0.222 e. The average molecular weight is 516 g/mol. The Hall–Kier alpha value is -2.20. The monoisotopic (exact) mass is 515 g/mol. The Morgan fingerprint density at radius 3 is 1.66 bits per heavy atom. The number of rotatable bonds is 5. The van der Waals surface area contributed by atoms with Crippen molar-refractivity contribution in [2.24, 2.45) is 0 Å². The van der Waals surface area contributed by atoms with Crippen LogP contribution < -0.4 is 0 Å². The second-order valence-corrected chi connectivity index (χ2v) is 14.2. The maximum absolute atomic E-state index is 15.5. The first kappa shape index (κ1) is 25.9. The van der Waals surface area contributed by atoms with E-state index >= 15 is 4.39 Å². The molecule has 10 heteroatoms. The molecule has 4 aromatic rings. The van der Waals surface area contributed by atoms with Crippen LogP contribution >= 0.6 is 23.1 Å². The molecule has 7 nitrogen and oxygen atoms in total. The van der Waals surface area contributed by atoms with E-state index in [9.17, 15) is 0 Å². The molecule has 0 atom stereocenters. The van der Waals surface area contributed by atoms with Crippen molar-refractivity contribution in [2.45, 2.75) is 104 Å². The van der Waals surface area contributed by atoms with E-state index in [2.05, 4.69) is 82.8 Å². The zero-order chi connectivity index (χ0) is 26.0. The molecule has 0 spiro atoms. The fourth-order valence-electron chi connectivity index (χ4n) is 4.43. The van der Waals surface area contributed by atoms with Crippen molar-refractivity contribution < 1.29 is 4.39 Å². The summed E-state index contributed by atoms with van der Waals surface area (Å²) in [6.07, 6.45) is 1.46. The van der Waals surface area contributed by atoms with Crippen molar-refractivity contribution in [3.63, 3.8) is 0 Å². The molecule has 188 valence electrons. The second kappa shape index (κ2) is 8.44. The first-order valence-corrected chi connectivity index (χ1v) is 13.4. The Balaban J connectivity index is 1.70. The fourth-order valence-corrected chi connectivity index (χ4v) is 6.13. The van der Waals surface area contributed by atoms with Gasteiger partial charge in [-0.05, 0) is 41.3 Å². The molecule has 0 saturated carbocycles. The van der Waals surface area contributed by atoms with Gasteiger partial charge in [0.2, 0.25) is 5.95 Å². The summed E-state index contributed by atoms with van der Waals surface area (Å²) < 4.78 is 25.7. The van der Waals surface area contributed by atoms with Crippen LogP contribution in [0.4, 0.5) is 4.39 Å². The van der Waals surface area contributed by atoms with Gasteiger partial charge in [-0.2, -0.15) is 14.6 Å². The summed E-state index contributed by atoms with van der Waals surface area (Å²) in [5.41, 5.74) is 3.11. The number of hydrogen-bond acceptors (Lipinski definition) is 9. The smallest absolute Gasteiger partial charge is 0.219 e. The van der Waals surface area contributed by atoms with Gasteiger partial charge >= 0.3 is 0 Å². The van der Waals surface area contributed by atoms with E-state index in [1.165, 1.54) is 23.1 Å². The van der Waals surface area contributed by atoms with Crippen molar-refractivity contribution in [1.29, 1.82) is 0 Å². The maximum Gasteiger partial charge on any atom is 0.219 e. The lowest BCUT2D eigenvalue weighted by molar-refractivity contribution is 0.358. The first-order valence-electron chi connectivity index (χ1n) is 11.9. The van der Waals surface area contributed by atoms with Gasteiger partial charge in [-0.15, -0.1) is 10.2 Å². The average Bonchev–Trinajstić information content (AvgIpc) is 3.38. The lowest BCUT2D eigenvalue weighted by Gasteiger charge is -2.32. The van der Waals surface area contributed by atoms with Crippen LogP contribution in [-0.4, -0.2) is 34.4 Å². The van der Waals surface area contributed by atoms with Crippen LogP contribution in [0.25, 0.3) is 20.4 Å². The summed E-state index contributed by atoms with van der Waals surface area (Å²) in [7, 11) is 0. The molecular formula is C25H34FN7S2. The minimum atomic E-state index is -0.511. The van der Waals surface area contributed by atoms with E-state index in [1.807, 2.05) is 20.8 Å². The normalized spacial score (nSPS) is 13.8. The number of aromatic nitrogens is 7. The van der Waals surface area contributed by atoms with Crippen molar-refractivity contribution >= 4 is 43.5 Å². The molecule has 0 aliphatic rings. The van der Waals surface area contributed by atoms with Crippen LogP contribution in [-0.2, 0) is 21.7 Å². The predicted molar refractivity (Wildman–Crippen MR) is 141 cm³/mol. The summed E-state index contributed by atoms with van der Waals surface area (Å²) in [5, 5.41) is 17.9. The van der Waals surface area contributed by atoms with E-state index in [0.717, 1.165) is 32.7 Å². The van der Waals surface area contributed by atoms with Crippen LogP contribution in [0.5, 0.6) is 0 Å². The molecule has 0 N–H and O–H groups in total. The predicted octanol–water partition coefficient (Wildman–Crippen LogP) is 6.65. The number of fused-ring (bicyclic) bond motifs is 2. The van der Waals surface area contributed by atoms with Crippen molar-refractivity contribution in [3.05, 3.63) is 28.6 Å². The largest absolute Gasteiger partial charge is 0.222 e. The van der Waals surface area contributed by atoms with E-state index in [-0.39, 0.29) is 16.2 Å². The van der Waals surface area contributed by atoms with Crippen LogP contribution in [0.2, 0.25) is 0 Å². The molecule has 0 aromatic carbocycles. The topological polar surface area (TPSA) is 90.2 Å². The second-order valence-electron chi connectivity index (χ2n) is 12.7. The zero-order valence-corrected chi connectivity index (χ0v) is 23.9. The van der Waals surface area contributed by atoms with Crippen LogP contribution in [0, 0.1) is 5.95 Å². The Labute approximate surface area is 214 Å². The molecule has 0 aliphatic heterocycles. The SMILES string of the molecule is CC(C)(C)c1nnc(C(C)(C)CCC(C)(C)c2c(F)nc(C(C)(C)C)c3snnc23)c2snnc12. The van der Waals surface area contributed by atoms with Gasteiger partial charge in [0.15, 0.2) is 0 Å². The molecule has 4 aromatic heterocycles. The Bertz CT molecular complexity index is 1390. The van der Waals surface area contributed by atoms with E-state index in [1.54, 1.807) is 0 Å². The van der Waals surface area contributed by atoms with Gasteiger partial charge in [0.25, 0.3) is 0 Å². The highest BCUT2D eigenvalue weighted by Gasteiger charge is 2.36. The van der Waals surface area contributed by atoms with Gasteiger partial charge in [-0.3, -0.25) is 0 Å². The van der Waals surface area contributed by atoms with Gasteiger partial charge in [0.05, 0.1) is 21.8 Å². The molecule has 0 saturated heterocycles. The Kier molecular flexibility index (Phi) is 6.24. The van der Waals surface area contributed by atoms with Crippen molar-refractivity contribution in [1.82, 2.24) is 34.4 Å². The maximum atomic E-state index is 15.5. The first-order chi connectivity index (χ1) is 16.0. The third-order valence-electron chi connectivity index (χ3n) is 6.65. The van der Waals surface area contributed by atoms with Crippen LogP contribution in [0.3, 0.4) is 0 Å². The van der Waals surface area contributed by atoms with Gasteiger partial charge in [-0.25, -0.2) is 4.98 Å². The van der Waals surface area contributed by atoms with Crippen LogP contribution in [0.15, 0.2) is 0 Å². The molecule has 0 amide bonds. The van der Waals surface area contributed by atoms with Gasteiger partial charge in [0, 0.05) is 21.8 Å². The molecule has 0 radical (unpaired) electrons. The summed E-state index contributed by atoms with van der Waals surface area (Å²) >= 11 is 2.64. The molecule has 35 heavy (non-hydrogen) atoms. The van der Waals surface area contributed by atoms with E-state index in [0.29, 0.717) is 23.2 Å². The molecule has 4 rings (SSSR count). The van der Waals surface area contributed by atoms with Gasteiger partial charge < -0.3 is 0 Å². The van der Waals surface area contributed by atoms with E-state index in [4.69, 9.17) is 0 Å². The molecular weight excluding hydrogens is 481 g/mol. The van der Waals surface area contributed by atoms with Gasteiger partial charge in [0.1, 0.15) is 15.7 Å². The zero-order valence-electron chi connectivity index (χ0n) is 22.2. The molecule has 4 heterocycles. The highest BCUT2D eigenvalue weighted by atomic mass is 32.1. The molecule has 0 bridgehead atoms. The van der Waals surface area contributed by atoms with Gasteiger partial charge in [-0.1, -0.05) is 78.2 Å². The summed E-state index contributed by atoms with van der Waals surface area (Å²) in [5.74, 6) is -0.457. The highest BCUT2D eigenvalue weighted by molar-refractivity contribution is 7.13. The van der Waals surface area contributed by atoms with Crippen molar-refractivity contribution in [3.8, 4) is 0 Å². The fraction of sp³-hybridized carbons (Fsp3) is 0.640. The highest BCUT2D eigenvalue weighted by Crippen LogP contribution is 2.43. The molecule has 0 unspecified atom stereocenters. The number of halogens is 1. The third-order valence-corrected chi connectivity index (χ3v) is 8.11. The number of hydrogen-bond donors (Lipinski definition) is 0. The summed E-state index contributed by atoms with van der Waals surface area (Å²) in [6, 6.07) is 0. The third kappa shape index (κ3) is 4.67. The number of pyridine rings is 1. The summed E-state index contributed by atoms with van der Waals surface area (Å²) in [4.78, 5) is 4.41. The van der Waals surface area contributed by atoms with E-state index < -0.39 is 11.4 Å². The minimum absolute atomic E-state index is 0.178. The van der Waals surface area contributed by atoms with Crippen LogP contribution in [0.1, 0.15) is 105 Å². The lowest BCUT2D eigenvalue weighted by Crippen LogP contribution is -2.28. The number of nitrogens with zero attached hydrogens (tertiary/aromatic N) is 7.